The Hall–Kier alpha value is -7.84. The molecule has 8 nitrogen and oxygen atoms in total. The molecule has 258 valence electrons. The summed E-state index contributed by atoms with van der Waals surface area (Å²) in [7, 11) is 0. The highest BCUT2D eigenvalue weighted by Crippen LogP contribution is 2.48. The Morgan fingerprint density at radius 1 is 0.321 bits per heavy atom. The molecule has 0 spiro atoms. The molecule has 0 fully saturated rings. The van der Waals surface area contributed by atoms with Crippen LogP contribution in [0.25, 0.3) is 120 Å². The van der Waals surface area contributed by atoms with Crippen LogP contribution in [0.15, 0.2) is 159 Å². The lowest BCUT2D eigenvalue weighted by Gasteiger charge is -2.21. The molecule has 0 N–H and O–H groups in total. The van der Waals surface area contributed by atoms with Gasteiger partial charge in [0.1, 0.15) is 0 Å². The fraction of sp³-hybridized carbons (Fsp3) is 0. The zero-order chi connectivity index (χ0) is 36.7. The van der Waals surface area contributed by atoms with E-state index in [9.17, 15) is 0 Å². The number of fused-ring (bicyclic) bond motifs is 12. The summed E-state index contributed by atoms with van der Waals surface area (Å²) >= 11 is 0. The van der Waals surface area contributed by atoms with Crippen molar-refractivity contribution in [3.8, 4) is 33.5 Å². The fourth-order valence-electron chi connectivity index (χ4n) is 8.54. The normalized spacial score (nSPS) is 11.9. The van der Waals surface area contributed by atoms with Gasteiger partial charge < -0.3 is 0 Å². The zero-order valence-corrected chi connectivity index (χ0v) is 29.6. The van der Waals surface area contributed by atoms with E-state index in [4.69, 9.17) is 19.9 Å². The van der Waals surface area contributed by atoms with Crippen LogP contribution in [0.4, 0.5) is 0 Å². The molecule has 0 saturated heterocycles. The first kappa shape index (κ1) is 30.6. The second kappa shape index (κ2) is 11.8. The highest BCUT2D eigenvalue weighted by Gasteiger charge is 2.25. The van der Waals surface area contributed by atoms with Crippen molar-refractivity contribution in [1.29, 1.82) is 0 Å². The van der Waals surface area contributed by atoms with Gasteiger partial charge in [0.15, 0.2) is 0 Å². The molecule has 0 bridgehead atoms. The quantitative estimate of drug-likeness (QED) is 0.167. The average Bonchev–Trinajstić information content (AvgIpc) is 3.27. The SMILES string of the molecule is c1cnc2c(c1)c(-c1nc3c(ccc4ccncc43)c(-c3cnc4c(ccc5ccncc54)c3)c1-c1ccnc3c1ccc1ccncc13)cc1ccncc12. The van der Waals surface area contributed by atoms with E-state index >= 15 is 0 Å². The van der Waals surface area contributed by atoms with E-state index in [1.165, 1.54) is 0 Å². The van der Waals surface area contributed by atoms with Crippen molar-refractivity contribution in [2.45, 2.75) is 0 Å². The lowest BCUT2D eigenvalue weighted by Crippen LogP contribution is -2.00. The number of pyridine rings is 8. The highest BCUT2D eigenvalue weighted by atomic mass is 14.7. The molecular weight excluding hydrogens is 689 g/mol. The Balaban J connectivity index is 1.31. The molecule has 0 amide bonds. The van der Waals surface area contributed by atoms with Crippen LogP contribution >= 0.6 is 0 Å². The number of rotatable bonds is 3. The van der Waals surface area contributed by atoms with Crippen molar-refractivity contribution in [2.75, 3.05) is 0 Å². The van der Waals surface area contributed by atoms with Crippen molar-refractivity contribution in [1.82, 2.24) is 39.9 Å². The molecule has 0 aliphatic heterocycles. The molecule has 0 saturated carbocycles. The first-order chi connectivity index (χ1) is 27.8. The lowest BCUT2D eigenvalue weighted by atomic mass is 9.85. The third-order valence-corrected chi connectivity index (χ3v) is 11.1. The molecule has 12 rings (SSSR count). The van der Waals surface area contributed by atoms with Crippen molar-refractivity contribution in [2.24, 2.45) is 0 Å². The highest BCUT2D eigenvalue weighted by molar-refractivity contribution is 6.21. The van der Waals surface area contributed by atoms with Gasteiger partial charge in [-0.25, -0.2) is 4.98 Å². The van der Waals surface area contributed by atoms with Crippen LogP contribution in [0.5, 0.6) is 0 Å². The van der Waals surface area contributed by atoms with Gasteiger partial charge in [-0.1, -0.05) is 42.5 Å². The summed E-state index contributed by atoms with van der Waals surface area (Å²) in [5.41, 5.74) is 9.24. The fourth-order valence-corrected chi connectivity index (χ4v) is 8.54. The Morgan fingerprint density at radius 2 is 0.893 bits per heavy atom. The van der Waals surface area contributed by atoms with E-state index in [0.29, 0.717) is 0 Å². The molecule has 8 aromatic heterocycles. The predicted molar refractivity (Wildman–Crippen MR) is 225 cm³/mol. The maximum absolute atomic E-state index is 5.72. The maximum Gasteiger partial charge on any atom is 0.0810 e. The van der Waals surface area contributed by atoms with Crippen LogP contribution in [0, 0.1) is 0 Å². The van der Waals surface area contributed by atoms with Crippen LogP contribution < -0.4 is 0 Å². The summed E-state index contributed by atoms with van der Waals surface area (Å²) in [6, 6.07) is 31.8. The van der Waals surface area contributed by atoms with Gasteiger partial charge >= 0.3 is 0 Å². The third kappa shape index (κ3) is 4.47. The molecule has 0 aliphatic carbocycles. The molecule has 0 unspecified atom stereocenters. The van der Waals surface area contributed by atoms with E-state index in [2.05, 4.69) is 80.6 Å². The summed E-state index contributed by atoms with van der Waals surface area (Å²) in [4.78, 5) is 38.8. The van der Waals surface area contributed by atoms with E-state index in [-0.39, 0.29) is 0 Å². The number of benzene rings is 4. The van der Waals surface area contributed by atoms with Gasteiger partial charge in [0.25, 0.3) is 0 Å². The molecule has 8 heterocycles. The van der Waals surface area contributed by atoms with Gasteiger partial charge in [-0.05, 0) is 75.6 Å². The van der Waals surface area contributed by atoms with Crippen LogP contribution in [-0.4, -0.2) is 39.9 Å². The second-order valence-electron chi connectivity index (χ2n) is 14.1. The van der Waals surface area contributed by atoms with Gasteiger partial charge in [0.2, 0.25) is 0 Å². The summed E-state index contributed by atoms with van der Waals surface area (Å²) in [5, 5.41) is 12.2. The topological polar surface area (TPSA) is 103 Å². The molecule has 0 aliphatic rings. The summed E-state index contributed by atoms with van der Waals surface area (Å²) in [6.07, 6.45) is 20.6. The molecule has 0 atom stereocenters. The number of hydrogen-bond acceptors (Lipinski definition) is 8. The predicted octanol–water partition coefficient (Wildman–Crippen LogP) is 11.1. The molecule has 12 aromatic rings. The standard InChI is InChI=1S/C48H26N8/c1-2-34-37(21-30-12-18-52-26-41(30)45(34)53-14-1)48-43(33-13-19-54-46-35(33)7-5-28-10-16-50-24-39(28)46)42(36-8-6-29-11-17-51-25-40(29)47(36)56-48)32-20-31-4-3-27-9-15-49-23-38(27)44(31)55-22-32/h1-26H. The van der Waals surface area contributed by atoms with E-state index < -0.39 is 0 Å². The molecule has 56 heavy (non-hydrogen) atoms. The first-order valence-electron chi connectivity index (χ1n) is 18.4. The van der Waals surface area contributed by atoms with Gasteiger partial charge in [-0.15, -0.1) is 0 Å². The van der Waals surface area contributed by atoms with Crippen molar-refractivity contribution in [3.05, 3.63) is 159 Å². The Bertz CT molecular complexity index is 3620. The summed E-state index contributed by atoms with van der Waals surface area (Å²) in [6.45, 7) is 0. The minimum Gasteiger partial charge on any atom is -0.264 e. The second-order valence-corrected chi connectivity index (χ2v) is 14.1. The molecule has 8 heteroatoms. The third-order valence-electron chi connectivity index (χ3n) is 11.1. The Kier molecular flexibility index (Phi) is 6.47. The van der Waals surface area contributed by atoms with E-state index in [1.54, 1.807) is 0 Å². The van der Waals surface area contributed by atoms with Gasteiger partial charge in [0, 0.05) is 134 Å². The number of aromatic nitrogens is 8. The number of hydrogen-bond donors (Lipinski definition) is 0. The lowest BCUT2D eigenvalue weighted by molar-refractivity contribution is 1.34. The van der Waals surface area contributed by atoms with E-state index in [1.807, 2.05) is 98.5 Å². The van der Waals surface area contributed by atoms with Crippen molar-refractivity contribution >= 4 is 86.7 Å². The zero-order valence-electron chi connectivity index (χ0n) is 29.6. The van der Waals surface area contributed by atoms with Crippen LogP contribution in [0.1, 0.15) is 0 Å². The average molecular weight is 715 g/mol. The van der Waals surface area contributed by atoms with E-state index in [0.717, 1.165) is 120 Å². The van der Waals surface area contributed by atoms with Gasteiger partial charge in [-0.3, -0.25) is 34.9 Å². The maximum atomic E-state index is 5.72. The largest absolute Gasteiger partial charge is 0.264 e. The monoisotopic (exact) mass is 714 g/mol. The summed E-state index contributed by atoms with van der Waals surface area (Å²) < 4.78 is 0. The van der Waals surface area contributed by atoms with Crippen LogP contribution in [0.3, 0.4) is 0 Å². The minimum absolute atomic E-state index is 0.821. The van der Waals surface area contributed by atoms with Crippen molar-refractivity contribution < 1.29 is 0 Å². The van der Waals surface area contributed by atoms with Crippen molar-refractivity contribution in [3.63, 3.8) is 0 Å². The molecular formula is C48H26N8. The van der Waals surface area contributed by atoms with Crippen LogP contribution in [-0.2, 0) is 0 Å². The van der Waals surface area contributed by atoms with Gasteiger partial charge in [-0.2, -0.15) is 0 Å². The Morgan fingerprint density at radius 3 is 1.62 bits per heavy atom. The molecule has 4 aromatic carbocycles. The Labute approximate surface area is 318 Å². The van der Waals surface area contributed by atoms with Gasteiger partial charge in [0.05, 0.1) is 27.8 Å². The summed E-state index contributed by atoms with van der Waals surface area (Å²) in [5.74, 6) is 0. The van der Waals surface area contributed by atoms with Crippen LogP contribution in [0.2, 0.25) is 0 Å². The first-order valence-corrected chi connectivity index (χ1v) is 18.4. The number of nitrogens with zero attached hydrogens (tertiary/aromatic N) is 8. The molecule has 0 radical (unpaired) electrons. The minimum atomic E-state index is 0.821. The smallest absolute Gasteiger partial charge is 0.0810 e.